The Bertz CT molecular complexity index is 564. The summed E-state index contributed by atoms with van der Waals surface area (Å²) in [5, 5.41) is 21.1. The molecule has 1 aromatic rings. The Kier molecular flexibility index (Phi) is 7.61. The number of carbonyl (C=O) groups is 2. The summed E-state index contributed by atoms with van der Waals surface area (Å²) in [4.78, 5) is 22.4. The normalized spacial score (nSPS) is 17.6. The summed E-state index contributed by atoms with van der Waals surface area (Å²) in [7, 11) is 0. The summed E-state index contributed by atoms with van der Waals surface area (Å²) in [5.74, 6) is -1.87. The quantitative estimate of drug-likeness (QED) is 0.555. The predicted molar refractivity (Wildman–Crippen MR) is 75.7 cm³/mol. The van der Waals surface area contributed by atoms with E-state index in [0.29, 0.717) is 6.61 Å². The molecule has 114 valence electrons. The molecule has 3 N–H and O–H groups in total. The van der Waals surface area contributed by atoms with Crippen LogP contribution in [-0.4, -0.2) is 34.7 Å². The molecule has 6 nitrogen and oxygen atoms in total. The molecule has 22 heavy (non-hydrogen) atoms. The number of hydrogen-bond acceptors (Lipinski definition) is 4. The van der Waals surface area contributed by atoms with Crippen molar-refractivity contribution in [3.8, 4) is 0 Å². The number of aliphatic hydroxyl groups is 1. The van der Waals surface area contributed by atoms with Crippen LogP contribution in [0, 0.1) is 0 Å². The zero-order valence-electron chi connectivity index (χ0n) is 13.4. The van der Waals surface area contributed by atoms with Crippen molar-refractivity contribution in [2.24, 2.45) is 0 Å². The van der Waals surface area contributed by atoms with Crippen molar-refractivity contribution in [2.75, 3.05) is 6.61 Å². The maximum atomic E-state index is 11.7. The number of nitrogens with one attached hydrogen (secondary N) is 1. The average Bonchev–Trinajstić information content (AvgIpc) is 2.44. The Hall–Kier alpha value is -1.34. The van der Waals surface area contributed by atoms with Gasteiger partial charge in [0.2, 0.25) is 0 Å². The first-order chi connectivity index (χ1) is 10.1. The second-order valence-corrected chi connectivity index (χ2v) is 4.87. The molecule has 0 spiro atoms. The van der Waals surface area contributed by atoms with Gasteiger partial charge in [0, 0.05) is 6.42 Å². The smallest absolute Gasteiger partial charge is 1.00 e. The van der Waals surface area contributed by atoms with Crippen LogP contribution in [0.5, 0.6) is 0 Å². The minimum Gasteiger partial charge on any atom is -1.00 e. The van der Waals surface area contributed by atoms with Gasteiger partial charge in [0.15, 0.2) is 0 Å². The van der Waals surface area contributed by atoms with Crippen LogP contribution in [0.25, 0.3) is 0 Å². The number of aliphatic hydroxyl groups excluding tert-OH is 1. The van der Waals surface area contributed by atoms with Crippen LogP contribution in [0.4, 0.5) is 0 Å². The van der Waals surface area contributed by atoms with Crippen LogP contribution in [0.15, 0.2) is 41.7 Å². The van der Waals surface area contributed by atoms with E-state index >= 15 is 0 Å². The minimum atomic E-state index is -1.15. The third kappa shape index (κ3) is 5.46. The second kappa shape index (κ2) is 8.95. The van der Waals surface area contributed by atoms with E-state index in [-0.39, 0.29) is 61.4 Å². The number of carboxylic acids is 1. The van der Waals surface area contributed by atoms with E-state index in [0.717, 1.165) is 5.56 Å². The molecule has 1 atom stereocenters. The fourth-order valence-electron chi connectivity index (χ4n) is 2.14. The fraction of sp³-hybridized carbons (Fsp3) is 0.333. The van der Waals surface area contributed by atoms with Crippen molar-refractivity contribution < 1.29 is 55.5 Å². The maximum absolute atomic E-state index is 11.7. The molecule has 0 bridgehead atoms. The Balaban J connectivity index is 0.00000242. The molecule has 1 aromatic carbocycles. The van der Waals surface area contributed by atoms with Crippen LogP contribution in [0.2, 0.25) is 0 Å². The summed E-state index contributed by atoms with van der Waals surface area (Å²) in [6.07, 6.45) is -0.293. The number of rotatable bonds is 6. The fourth-order valence-corrected chi connectivity index (χ4v) is 2.14. The zero-order chi connectivity index (χ0) is 15.2. The summed E-state index contributed by atoms with van der Waals surface area (Å²) < 4.78 is 5.51. The minimum absolute atomic E-state index is 0. The number of amides is 1. The van der Waals surface area contributed by atoms with Crippen molar-refractivity contribution >= 4 is 11.9 Å². The summed E-state index contributed by atoms with van der Waals surface area (Å²) in [6.45, 7) is 0.671. The zero-order valence-corrected chi connectivity index (χ0v) is 14.4. The molecular weight excluding hydrogens is 297 g/mol. The molecule has 0 aliphatic carbocycles. The molecule has 1 heterocycles. The molecule has 1 aliphatic rings. The largest absolute Gasteiger partial charge is 1.00 e. The van der Waals surface area contributed by atoms with Crippen LogP contribution in [0.1, 0.15) is 19.8 Å². The topological polar surface area (TPSA) is 95.9 Å². The predicted octanol–water partition coefficient (Wildman–Crippen LogP) is -1.50. The summed E-state index contributed by atoms with van der Waals surface area (Å²) >= 11 is 0. The van der Waals surface area contributed by atoms with Crippen molar-refractivity contribution in [3.63, 3.8) is 0 Å². The van der Waals surface area contributed by atoms with Crippen molar-refractivity contribution in [3.05, 3.63) is 47.2 Å². The van der Waals surface area contributed by atoms with Gasteiger partial charge in [-0.1, -0.05) is 30.3 Å². The van der Waals surface area contributed by atoms with Gasteiger partial charge in [-0.25, -0.2) is 0 Å². The number of benzene rings is 1. The number of hydrogen-bond donors (Lipinski definition) is 3. The van der Waals surface area contributed by atoms with Crippen molar-refractivity contribution in [2.45, 2.75) is 25.5 Å². The monoisotopic (exact) mass is 315 g/mol. The van der Waals surface area contributed by atoms with Gasteiger partial charge >= 0.3 is 35.5 Å². The summed E-state index contributed by atoms with van der Waals surface area (Å²) in [6, 6.07) is 9.25. The van der Waals surface area contributed by atoms with Crippen LogP contribution in [-0.2, 0) is 20.9 Å². The van der Waals surface area contributed by atoms with Gasteiger partial charge < -0.3 is 21.7 Å². The summed E-state index contributed by atoms with van der Waals surface area (Å²) in [5.41, 5.74) is 0.938. The molecule has 7 heteroatoms. The van der Waals surface area contributed by atoms with Crippen LogP contribution >= 0.6 is 0 Å². The molecule has 0 radical (unpaired) electrons. The van der Waals surface area contributed by atoms with Crippen molar-refractivity contribution in [1.82, 2.24) is 5.32 Å². The SMILES string of the molecule is O=C(O)CC1=C(O)CC(COCc2ccccc2)NC1=O.[H-].[Na+]. The molecule has 0 aromatic heterocycles. The van der Waals surface area contributed by atoms with Gasteiger partial charge in [-0.2, -0.15) is 0 Å². The number of ether oxygens (including phenoxy) is 1. The molecule has 1 amide bonds. The maximum Gasteiger partial charge on any atom is 1.00 e. The van der Waals surface area contributed by atoms with Crippen LogP contribution in [0.3, 0.4) is 0 Å². The molecule has 0 saturated carbocycles. The third-order valence-electron chi connectivity index (χ3n) is 3.16. The second-order valence-electron chi connectivity index (χ2n) is 4.87. The van der Waals surface area contributed by atoms with E-state index in [1.807, 2.05) is 30.3 Å². The van der Waals surface area contributed by atoms with E-state index < -0.39 is 18.3 Å². The van der Waals surface area contributed by atoms with Gasteiger partial charge in [0.05, 0.1) is 31.2 Å². The molecule has 0 saturated heterocycles. The Morgan fingerprint density at radius 2 is 2.05 bits per heavy atom. The van der Waals surface area contributed by atoms with Gasteiger partial charge in [-0.3, -0.25) is 9.59 Å². The van der Waals surface area contributed by atoms with E-state index in [1.165, 1.54) is 0 Å². The Labute approximate surface area is 151 Å². The van der Waals surface area contributed by atoms with Crippen LogP contribution < -0.4 is 34.9 Å². The Morgan fingerprint density at radius 3 is 2.64 bits per heavy atom. The molecular formula is C15H18NNaO5. The molecule has 1 unspecified atom stereocenters. The van der Waals surface area contributed by atoms with Gasteiger partial charge in [0.25, 0.3) is 5.91 Å². The van der Waals surface area contributed by atoms with E-state index in [1.54, 1.807) is 0 Å². The van der Waals surface area contributed by atoms with E-state index in [2.05, 4.69) is 5.32 Å². The molecule has 0 fully saturated rings. The van der Waals surface area contributed by atoms with E-state index in [9.17, 15) is 14.7 Å². The third-order valence-corrected chi connectivity index (χ3v) is 3.16. The first kappa shape index (κ1) is 18.7. The number of aliphatic carboxylic acids is 1. The molecule has 2 rings (SSSR count). The average molecular weight is 315 g/mol. The van der Waals surface area contributed by atoms with E-state index in [4.69, 9.17) is 9.84 Å². The first-order valence-corrected chi connectivity index (χ1v) is 6.61. The first-order valence-electron chi connectivity index (χ1n) is 6.61. The number of carboxylic acid groups (broad SMARTS) is 1. The van der Waals surface area contributed by atoms with Crippen molar-refractivity contribution in [1.29, 1.82) is 0 Å². The molecule has 1 aliphatic heterocycles. The van der Waals surface area contributed by atoms with Gasteiger partial charge in [-0.05, 0) is 5.56 Å². The van der Waals surface area contributed by atoms with Gasteiger partial charge in [0.1, 0.15) is 5.76 Å². The van der Waals surface area contributed by atoms with Gasteiger partial charge in [-0.15, -0.1) is 0 Å². The standard InChI is InChI=1S/C15H17NO5.Na.H/c17-13-6-11(16-15(20)12(13)7-14(18)19)9-21-8-10-4-2-1-3-5-10;;/h1-5,11,17H,6-9H2,(H,16,20)(H,18,19);;/q;+1;-1. The number of carbonyl (C=O) groups excluding carboxylic acids is 1. The Morgan fingerprint density at radius 1 is 1.36 bits per heavy atom.